The minimum Gasteiger partial charge on any atom is -0.747 e. The van der Waals surface area contributed by atoms with E-state index in [9.17, 15) is 22.6 Å². The number of carbonyl (C=O) groups excluding carboxylic acids is 2. The smallest absolute Gasteiger partial charge is 0.747 e. The van der Waals surface area contributed by atoms with Gasteiger partial charge in [0.25, 0.3) is 0 Å². The van der Waals surface area contributed by atoms with E-state index in [1.165, 1.54) is 89.9 Å². The average Bonchev–Trinajstić information content (AvgIpc) is 2.87. The Morgan fingerprint density at radius 2 is 0.872 bits per heavy atom. The minimum atomic E-state index is -5.01. The second kappa shape index (κ2) is 29.3. The van der Waals surface area contributed by atoms with Crippen LogP contribution in [0.3, 0.4) is 0 Å². The summed E-state index contributed by atoms with van der Waals surface area (Å²) in [6.45, 7) is 4.65. The van der Waals surface area contributed by atoms with Crippen molar-refractivity contribution in [3.05, 3.63) is 0 Å². The van der Waals surface area contributed by atoms with Crippen LogP contribution in [0.5, 0.6) is 0 Å². The molecule has 1 atom stereocenters. The molecule has 0 bridgehead atoms. The number of hydrogen-bond acceptors (Lipinski definition) is 7. The number of esters is 2. The van der Waals surface area contributed by atoms with Gasteiger partial charge in [0.05, 0.1) is 19.6 Å². The van der Waals surface area contributed by atoms with Crippen LogP contribution in [-0.4, -0.2) is 43.4 Å². The van der Waals surface area contributed by atoms with E-state index >= 15 is 0 Å². The van der Waals surface area contributed by atoms with E-state index in [2.05, 4.69) is 13.8 Å². The van der Waals surface area contributed by atoms with Crippen molar-refractivity contribution < 1.29 is 61.6 Å². The van der Waals surface area contributed by atoms with Crippen molar-refractivity contribution in [1.82, 2.24) is 0 Å². The molecule has 226 valence electrons. The topological polar surface area (TPSA) is 110 Å². The van der Waals surface area contributed by atoms with E-state index in [0.717, 1.165) is 38.5 Å². The van der Waals surface area contributed by atoms with Gasteiger partial charge in [0.15, 0.2) is 5.25 Å². The zero-order chi connectivity index (χ0) is 28.3. The molecule has 0 radical (unpaired) electrons. The minimum absolute atomic E-state index is 0. The molecule has 0 fully saturated rings. The monoisotopic (exact) mass is 584 g/mol. The Bertz CT molecular complexity index is 670. The van der Waals surface area contributed by atoms with E-state index in [1.54, 1.807) is 0 Å². The Hall–Kier alpha value is -0.150. The summed E-state index contributed by atoms with van der Waals surface area (Å²) in [4.78, 5) is 24.2. The van der Waals surface area contributed by atoms with Crippen molar-refractivity contribution >= 4 is 22.1 Å². The maximum atomic E-state index is 12.2. The summed E-state index contributed by atoms with van der Waals surface area (Å²) in [7, 11) is -5.01. The molecule has 0 aromatic rings. The molecule has 0 N–H and O–H groups in total. The standard InChI is InChI=1S/C30H58O7S.Na/c1-3-5-7-9-11-13-15-17-19-21-23-25-36-29(31)27-28(38(33,34)35)30(32)37-26-24-22-20-18-16-14-12-10-8-6-4-2;/h28H,3-27H2,1-2H3,(H,33,34,35);/q;+1/p-1. The van der Waals surface area contributed by atoms with Crippen molar-refractivity contribution in [1.29, 1.82) is 0 Å². The van der Waals surface area contributed by atoms with Crippen molar-refractivity contribution in [3.63, 3.8) is 0 Å². The first-order chi connectivity index (χ1) is 18.3. The first-order valence-electron chi connectivity index (χ1n) is 15.6. The van der Waals surface area contributed by atoms with Crippen LogP contribution in [0, 0.1) is 0 Å². The average molecular weight is 585 g/mol. The number of ether oxygens (including phenoxy) is 2. The van der Waals surface area contributed by atoms with E-state index in [4.69, 9.17) is 9.47 Å². The molecule has 0 aromatic carbocycles. The first-order valence-corrected chi connectivity index (χ1v) is 17.1. The third kappa shape index (κ3) is 27.8. The van der Waals surface area contributed by atoms with Gasteiger partial charge in [0.1, 0.15) is 10.1 Å². The number of carbonyl (C=O) groups is 2. The summed E-state index contributed by atoms with van der Waals surface area (Å²) in [6, 6.07) is 0. The molecule has 0 amide bonds. The summed E-state index contributed by atoms with van der Waals surface area (Å²) in [5.74, 6) is -2.01. The van der Waals surface area contributed by atoms with Gasteiger partial charge in [0, 0.05) is 0 Å². The number of rotatable bonds is 28. The fourth-order valence-electron chi connectivity index (χ4n) is 4.50. The first kappa shape index (κ1) is 41.0. The summed E-state index contributed by atoms with van der Waals surface area (Å²) in [5, 5.41) is -2.04. The van der Waals surface area contributed by atoms with Gasteiger partial charge in [-0.2, -0.15) is 0 Å². The molecule has 1 unspecified atom stereocenters. The number of hydrogen-bond donors (Lipinski definition) is 0. The van der Waals surface area contributed by atoms with Crippen LogP contribution in [0.25, 0.3) is 0 Å². The van der Waals surface area contributed by atoms with Crippen LogP contribution in [-0.2, 0) is 29.2 Å². The van der Waals surface area contributed by atoms with Crippen molar-refractivity contribution in [2.24, 2.45) is 0 Å². The molecule has 0 saturated carbocycles. The van der Waals surface area contributed by atoms with Gasteiger partial charge >= 0.3 is 41.5 Å². The van der Waals surface area contributed by atoms with Crippen molar-refractivity contribution in [2.45, 2.75) is 167 Å². The molecule has 39 heavy (non-hydrogen) atoms. The van der Waals surface area contributed by atoms with Crippen molar-refractivity contribution in [3.8, 4) is 0 Å². The maximum Gasteiger partial charge on any atom is 1.00 e. The van der Waals surface area contributed by atoms with E-state index < -0.39 is 33.7 Å². The molecule has 0 aromatic heterocycles. The predicted octanol–water partition coefficient (Wildman–Crippen LogP) is 5.00. The van der Waals surface area contributed by atoms with Crippen LogP contribution in [0.2, 0.25) is 0 Å². The van der Waals surface area contributed by atoms with Crippen LogP contribution >= 0.6 is 0 Å². The Labute approximate surface area is 262 Å². The molecule has 0 rings (SSSR count). The maximum absolute atomic E-state index is 12.2. The molecule has 9 heteroatoms. The molecule has 0 spiro atoms. The predicted molar refractivity (Wildman–Crippen MR) is 153 cm³/mol. The van der Waals surface area contributed by atoms with Gasteiger partial charge in [0.2, 0.25) is 0 Å². The summed E-state index contributed by atoms with van der Waals surface area (Å²) < 4.78 is 44.7. The Kier molecular flexibility index (Phi) is 30.8. The molecular formula is C30H57NaO7S. The fraction of sp³-hybridized carbons (Fsp3) is 0.933. The number of unbranched alkanes of at least 4 members (excludes halogenated alkanes) is 20. The zero-order valence-electron chi connectivity index (χ0n) is 25.5. The Morgan fingerprint density at radius 1 is 0.564 bits per heavy atom. The second-order valence-electron chi connectivity index (χ2n) is 10.6. The summed E-state index contributed by atoms with van der Waals surface area (Å²) in [6.07, 6.45) is 24.6. The summed E-state index contributed by atoms with van der Waals surface area (Å²) in [5.41, 5.74) is 0. The van der Waals surface area contributed by atoms with Crippen LogP contribution in [0.1, 0.15) is 162 Å². The van der Waals surface area contributed by atoms with E-state index in [-0.39, 0.29) is 42.8 Å². The van der Waals surface area contributed by atoms with Gasteiger partial charge < -0.3 is 14.0 Å². The molecule has 0 aliphatic heterocycles. The van der Waals surface area contributed by atoms with Gasteiger partial charge in [-0.05, 0) is 12.8 Å². The normalized spacial score (nSPS) is 12.1. The van der Waals surface area contributed by atoms with Gasteiger partial charge in [-0.25, -0.2) is 8.42 Å². The Morgan fingerprint density at radius 3 is 1.21 bits per heavy atom. The van der Waals surface area contributed by atoms with Gasteiger partial charge in [-0.15, -0.1) is 0 Å². The Balaban J connectivity index is 0. The second-order valence-corrected chi connectivity index (χ2v) is 12.2. The molecule has 0 aliphatic carbocycles. The van der Waals surface area contributed by atoms with Crippen LogP contribution in [0.4, 0.5) is 0 Å². The molecule has 0 heterocycles. The molecule has 0 aliphatic rings. The van der Waals surface area contributed by atoms with Crippen molar-refractivity contribution in [2.75, 3.05) is 13.2 Å². The molecule has 7 nitrogen and oxygen atoms in total. The van der Waals surface area contributed by atoms with Gasteiger partial charge in [-0.1, -0.05) is 142 Å². The SMILES string of the molecule is CCCCCCCCCCCCCOC(=O)CC(C(=O)OCCCCCCCCCCCCC)S(=O)(=O)[O-].[Na+]. The molecular weight excluding hydrogens is 527 g/mol. The third-order valence-corrected chi connectivity index (χ3v) is 8.02. The van der Waals surface area contributed by atoms with Gasteiger partial charge in [-0.3, -0.25) is 9.59 Å². The molecule has 0 saturated heterocycles. The largest absolute Gasteiger partial charge is 1.00 e. The fourth-order valence-corrected chi connectivity index (χ4v) is 5.14. The van der Waals surface area contributed by atoms with Crippen LogP contribution in [0.15, 0.2) is 0 Å². The zero-order valence-corrected chi connectivity index (χ0v) is 28.3. The van der Waals surface area contributed by atoms with Crippen LogP contribution < -0.4 is 29.6 Å². The third-order valence-electron chi connectivity index (χ3n) is 6.97. The van der Waals surface area contributed by atoms with E-state index in [0.29, 0.717) is 12.8 Å². The van der Waals surface area contributed by atoms with E-state index in [1.807, 2.05) is 0 Å². The summed E-state index contributed by atoms with van der Waals surface area (Å²) >= 11 is 0. The quantitative estimate of drug-likeness (QED) is 0.0551.